The van der Waals surface area contributed by atoms with Gasteiger partial charge in [-0.25, -0.2) is 9.79 Å². The van der Waals surface area contributed by atoms with E-state index in [-0.39, 0.29) is 11.3 Å². The highest BCUT2D eigenvalue weighted by Crippen LogP contribution is 2.37. The first-order chi connectivity index (χ1) is 19.1. The molecule has 2 aromatic heterocycles. The van der Waals surface area contributed by atoms with Crippen molar-refractivity contribution in [2.24, 2.45) is 4.99 Å². The Kier molecular flexibility index (Phi) is 7.49. The molecule has 13 heteroatoms. The number of hydrogen-bond donors (Lipinski definition) is 0. The summed E-state index contributed by atoms with van der Waals surface area (Å²) in [6.45, 7) is 1.67. The van der Waals surface area contributed by atoms with Gasteiger partial charge in [-0.1, -0.05) is 22.9 Å². The van der Waals surface area contributed by atoms with Gasteiger partial charge in [0.15, 0.2) is 4.80 Å². The number of esters is 1. The lowest BCUT2D eigenvalue weighted by atomic mass is 9.95. The number of nitro benzene ring substituents is 1. The second-order valence-electron chi connectivity index (χ2n) is 8.58. The molecular weight excluding hydrogens is 626 g/mol. The van der Waals surface area contributed by atoms with Crippen molar-refractivity contribution in [2.75, 3.05) is 14.2 Å². The summed E-state index contributed by atoms with van der Waals surface area (Å²) in [6.07, 6.45) is 1.58. The molecule has 5 rings (SSSR count). The second-order valence-corrected chi connectivity index (χ2v) is 10.9. The lowest BCUT2D eigenvalue weighted by Gasteiger charge is -2.25. The van der Waals surface area contributed by atoms with E-state index in [1.54, 1.807) is 49.4 Å². The maximum Gasteiger partial charge on any atom is 0.338 e. The van der Waals surface area contributed by atoms with Gasteiger partial charge in [-0.3, -0.25) is 19.5 Å². The summed E-state index contributed by atoms with van der Waals surface area (Å²) in [4.78, 5) is 42.2. The number of carbonyl (C=O) groups is 1. The zero-order valence-corrected chi connectivity index (χ0v) is 24.3. The third kappa shape index (κ3) is 4.89. The van der Waals surface area contributed by atoms with Crippen LogP contribution in [0.15, 0.2) is 78.5 Å². The van der Waals surface area contributed by atoms with Crippen molar-refractivity contribution in [3.63, 3.8) is 0 Å². The second kappa shape index (κ2) is 10.9. The van der Waals surface area contributed by atoms with E-state index in [0.29, 0.717) is 52.9 Å². The normalized spacial score (nSPS) is 15.0. The van der Waals surface area contributed by atoms with Crippen LogP contribution >= 0.6 is 38.9 Å². The van der Waals surface area contributed by atoms with Gasteiger partial charge >= 0.3 is 5.97 Å². The molecule has 0 saturated heterocycles. The average Bonchev–Trinajstić information content (AvgIpc) is 3.51. The Morgan fingerprint density at radius 2 is 2.00 bits per heavy atom. The van der Waals surface area contributed by atoms with E-state index in [0.717, 1.165) is 11.3 Å². The maximum atomic E-state index is 13.8. The van der Waals surface area contributed by atoms with Gasteiger partial charge in [-0.05, 0) is 59.3 Å². The molecule has 0 fully saturated rings. The minimum Gasteiger partial charge on any atom is -0.496 e. The molecule has 4 aromatic rings. The monoisotopic (exact) mass is 643 g/mol. The van der Waals surface area contributed by atoms with Gasteiger partial charge in [0.25, 0.3) is 11.2 Å². The number of furan rings is 1. The van der Waals surface area contributed by atoms with Crippen LogP contribution in [-0.2, 0) is 9.53 Å². The number of non-ortho nitro benzene ring substituents is 1. The maximum absolute atomic E-state index is 13.8. The van der Waals surface area contributed by atoms with Gasteiger partial charge in [-0.15, -0.1) is 0 Å². The van der Waals surface area contributed by atoms with Crippen LogP contribution in [0.1, 0.15) is 24.3 Å². The molecule has 1 aliphatic rings. The average molecular weight is 645 g/mol. The van der Waals surface area contributed by atoms with Crippen LogP contribution in [0.3, 0.4) is 0 Å². The number of aromatic nitrogens is 1. The summed E-state index contributed by atoms with van der Waals surface area (Å²) in [6, 6.07) is 11.8. The molecule has 2 aromatic carbocycles. The van der Waals surface area contributed by atoms with Crippen LogP contribution in [-0.4, -0.2) is 29.7 Å². The molecule has 0 aliphatic carbocycles. The minimum atomic E-state index is -0.900. The van der Waals surface area contributed by atoms with E-state index in [1.807, 2.05) is 0 Å². The number of carbonyl (C=O) groups excluding carboxylic acids is 1. The molecule has 0 saturated carbocycles. The number of methoxy groups -OCH3 is 2. The molecular formula is C27H19BrClN3O7S. The summed E-state index contributed by atoms with van der Waals surface area (Å²) < 4.78 is 18.8. The van der Waals surface area contributed by atoms with E-state index in [4.69, 9.17) is 25.5 Å². The number of rotatable bonds is 6. The summed E-state index contributed by atoms with van der Waals surface area (Å²) in [7, 11) is 2.75. The molecule has 0 unspecified atom stereocenters. The molecule has 0 bridgehead atoms. The van der Waals surface area contributed by atoms with Crippen molar-refractivity contribution < 1.29 is 23.6 Å². The number of hydrogen-bond acceptors (Lipinski definition) is 9. The molecule has 1 aliphatic heterocycles. The van der Waals surface area contributed by atoms with Crippen LogP contribution in [0, 0.1) is 10.1 Å². The molecule has 0 radical (unpaired) electrons. The Morgan fingerprint density at radius 3 is 2.67 bits per heavy atom. The number of ether oxygens (including phenoxy) is 2. The van der Waals surface area contributed by atoms with Gasteiger partial charge in [0.2, 0.25) is 0 Å². The predicted molar refractivity (Wildman–Crippen MR) is 152 cm³/mol. The lowest BCUT2D eigenvalue weighted by molar-refractivity contribution is -0.384. The van der Waals surface area contributed by atoms with Crippen LogP contribution in [0.25, 0.3) is 17.4 Å². The highest BCUT2D eigenvalue weighted by molar-refractivity contribution is 9.10. The minimum absolute atomic E-state index is 0.0592. The van der Waals surface area contributed by atoms with Crippen molar-refractivity contribution in [3.05, 3.63) is 110 Å². The summed E-state index contributed by atoms with van der Waals surface area (Å²) >= 11 is 10.8. The van der Waals surface area contributed by atoms with Crippen LogP contribution < -0.4 is 19.6 Å². The smallest absolute Gasteiger partial charge is 0.338 e. The SMILES string of the molecule is COC(=O)C1=C(C)N=c2s/c(=C\c3ccc(-c4ccc([N+](=O)[O-])cc4Br)o3)c(=O)n2[C@H]1c1cc(Cl)ccc1OC. The predicted octanol–water partition coefficient (Wildman–Crippen LogP) is 5.00. The number of benzene rings is 2. The molecule has 204 valence electrons. The fourth-order valence-electron chi connectivity index (χ4n) is 4.43. The fraction of sp³-hybridized carbons (Fsp3) is 0.148. The number of allylic oxidation sites excluding steroid dienone is 1. The Hall–Kier alpha value is -4.00. The Balaban J connectivity index is 1.65. The van der Waals surface area contributed by atoms with Crippen LogP contribution in [0.4, 0.5) is 5.69 Å². The van der Waals surface area contributed by atoms with Gasteiger partial charge in [-0.2, -0.15) is 0 Å². The van der Waals surface area contributed by atoms with E-state index in [1.165, 1.54) is 30.9 Å². The molecule has 0 N–H and O–H groups in total. The van der Waals surface area contributed by atoms with Gasteiger partial charge in [0.05, 0.1) is 34.9 Å². The van der Waals surface area contributed by atoms with E-state index in [2.05, 4.69) is 20.9 Å². The van der Waals surface area contributed by atoms with Gasteiger partial charge in [0, 0.05) is 38.8 Å². The number of nitrogens with zero attached hydrogens (tertiary/aromatic N) is 3. The largest absolute Gasteiger partial charge is 0.496 e. The summed E-state index contributed by atoms with van der Waals surface area (Å²) in [5, 5.41) is 11.5. The van der Waals surface area contributed by atoms with Crippen molar-refractivity contribution in [1.29, 1.82) is 0 Å². The van der Waals surface area contributed by atoms with Crippen LogP contribution in [0.5, 0.6) is 5.75 Å². The summed E-state index contributed by atoms with van der Waals surface area (Å²) in [5.41, 5.74) is 1.23. The number of thiazole rings is 1. The highest BCUT2D eigenvalue weighted by atomic mass is 79.9. The zero-order valence-electron chi connectivity index (χ0n) is 21.1. The Labute approximate surface area is 243 Å². The van der Waals surface area contributed by atoms with E-state index < -0.39 is 22.5 Å². The molecule has 10 nitrogen and oxygen atoms in total. The first kappa shape index (κ1) is 27.6. The van der Waals surface area contributed by atoms with E-state index >= 15 is 0 Å². The first-order valence-electron chi connectivity index (χ1n) is 11.6. The zero-order chi connectivity index (χ0) is 28.7. The van der Waals surface area contributed by atoms with Crippen molar-refractivity contribution in [1.82, 2.24) is 4.57 Å². The van der Waals surface area contributed by atoms with Crippen molar-refractivity contribution in [2.45, 2.75) is 13.0 Å². The standard InChI is InChI=1S/C27H19BrClN3O7S/c1-13-23(26(34)38-3)24(18-10-14(29)4-8-20(18)37-2)31-25(33)22(40-27(31)30-13)12-16-6-9-21(39-16)17-7-5-15(32(35)36)11-19(17)28/h4-12,24H,1-3H3/b22-12-/t24-/m0/s1. The van der Waals surface area contributed by atoms with Crippen LogP contribution in [0.2, 0.25) is 5.02 Å². The van der Waals surface area contributed by atoms with Gasteiger partial charge in [0.1, 0.15) is 23.3 Å². The van der Waals surface area contributed by atoms with Gasteiger partial charge < -0.3 is 13.9 Å². The summed E-state index contributed by atoms with van der Waals surface area (Å²) in [5.74, 6) is 0.633. The lowest BCUT2D eigenvalue weighted by Crippen LogP contribution is -2.40. The fourth-order valence-corrected chi connectivity index (χ4v) is 6.20. The third-order valence-corrected chi connectivity index (χ3v) is 8.12. The highest BCUT2D eigenvalue weighted by Gasteiger charge is 2.35. The van der Waals surface area contributed by atoms with Crippen molar-refractivity contribution >= 4 is 56.6 Å². The first-order valence-corrected chi connectivity index (χ1v) is 13.6. The topological polar surface area (TPSA) is 126 Å². The third-order valence-electron chi connectivity index (χ3n) is 6.24. The Bertz CT molecular complexity index is 1910. The molecule has 3 heterocycles. The molecule has 0 spiro atoms. The quantitative estimate of drug-likeness (QED) is 0.164. The molecule has 40 heavy (non-hydrogen) atoms. The molecule has 1 atom stereocenters. The Morgan fingerprint density at radius 1 is 1.23 bits per heavy atom. The molecule has 0 amide bonds. The number of halogens is 2. The number of nitro groups is 1. The number of fused-ring (bicyclic) bond motifs is 1. The van der Waals surface area contributed by atoms with E-state index in [9.17, 15) is 19.7 Å². The van der Waals surface area contributed by atoms with Crippen molar-refractivity contribution in [3.8, 4) is 17.1 Å².